The highest BCUT2D eigenvalue weighted by Gasteiger charge is 2.42. The lowest BCUT2D eigenvalue weighted by Crippen LogP contribution is -2.22. The van der Waals surface area contributed by atoms with Gasteiger partial charge in [0.15, 0.2) is 0 Å². The van der Waals surface area contributed by atoms with Gasteiger partial charge >= 0.3 is 0 Å². The molecule has 0 N–H and O–H groups in total. The van der Waals surface area contributed by atoms with Crippen LogP contribution in [-0.4, -0.2) is 15.6 Å². The topological polar surface area (TPSA) is 34.9 Å². The van der Waals surface area contributed by atoms with E-state index in [1.54, 1.807) is 0 Å². The van der Waals surface area contributed by atoms with Crippen LogP contribution in [0.1, 0.15) is 38.3 Å². The highest BCUT2D eigenvalue weighted by molar-refractivity contribution is 5.90. The maximum absolute atomic E-state index is 12.7. The van der Waals surface area contributed by atoms with Crippen LogP contribution in [0.25, 0.3) is 10.9 Å². The number of Topliss-reactive ketones (excluding diaryl/α,β-unsaturated/α-hetero) is 1. The molecular formula is C18H22N2O. The number of fused-ring (bicyclic) bond motifs is 3. The van der Waals surface area contributed by atoms with E-state index < -0.39 is 0 Å². The number of hydrogen-bond acceptors (Lipinski definition) is 2. The minimum atomic E-state index is 0.314. The molecule has 21 heavy (non-hydrogen) atoms. The number of nitrogens with zero attached hydrogens (tertiary/aromatic N) is 2. The first-order chi connectivity index (χ1) is 10.3. The Labute approximate surface area is 125 Å². The molecule has 0 saturated heterocycles. The molecule has 0 aliphatic heterocycles. The molecule has 110 valence electrons. The number of aromatic nitrogens is 2. The molecule has 2 aliphatic carbocycles. The van der Waals surface area contributed by atoms with E-state index in [1.165, 1.54) is 19.3 Å². The fraction of sp³-hybridized carbons (Fsp3) is 0.556. The molecule has 0 radical (unpaired) electrons. The van der Waals surface area contributed by atoms with Gasteiger partial charge in [-0.2, -0.15) is 5.10 Å². The van der Waals surface area contributed by atoms with E-state index in [-0.39, 0.29) is 0 Å². The van der Waals surface area contributed by atoms with Crippen molar-refractivity contribution in [1.29, 1.82) is 0 Å². The van der Waals surface area contributed by atoms with Crippen molar-refractivity contribution in [1.82, 2.24) is 9.78 Å². The van der Waals surface area contributed by atoms with Crippen LogP contribution >= 0.6 is 0 Å². The van der Waals surface area contributed by atoms with Crippen LogP contribution in [0.5, 0.6) is 0 Å². The molecule has 1 aromatic heterocycles. The SMILES string of the molecule is CCn1nc(CC(=O)C2CC3CCC2C3)c2ccccc21. The maximum Gasteiger partial charge on any atom is 0.142 e. The van der Waals surface area contributed by atoms with E-state index in [2.05, 4.69) is 24.2 Å². The van der Waals surface area contributed by atoms with E-state index in [9.17, 15) is 4.79 Å². The molecule has 2 aliphatic rings. The van der Waals surface area contributed by atoms with Crippen molar-refractivity contribution in [2.75, 3.05) is 0 Å². The van der Waals surface area contributed by atoms with Gasteiger partial charge in [0, 0.05) is 17.8 Å². The van der Waals surface area contributed by atoms with Gasteiger partial charge in [-0.15, -0.1) is 0 Å². The average molecular weight is 282 g/mol. The summed E-state index contributed by atoms with van der Waals surface area (Å²) >= 11 is 0. The molecule has 3 unspecified atom stereocenters. The van der Waals surface area contributed by atoms with Gasteiger partial charge in [0.2, 0.25) is 0 Å². The molecule has 3 nitrogen and oxygen atoms in total. The summed E-state index contributed by atoms with van der Waals surface area (Å²) in [5, 5.41) is 5.83. The van der Waals surface area contributed by atoms with Gasteiger partial charge in [0.1, 0.15) is 5.78 Å². The minimum Gasteiger partial charge on any atom is -0.299 e. The van der Waals surface area contributed by atoms with Gasteiger partial charge in [-0.05, 0) is 44.1 Å². The van der Waals surface area contributed by atoms with Gasteiger partial charge < -0.3 is 0 Å². The number of aryl methyl sites for hydroxylation is 1. The first kappa shape index (κ1) is 13.1. The predicted octanol–water partition coefficient (Wildman–Crippen LogP) is 3.60. The van der Waals surface area contributed by atoms with Crippen LogP contribution < -0.4 is 0 Å². The predicted molar refractivity (Wildman–Crippen MR) is 83.1 cm³/mol. The second-order valence-corrected chi connectivity index (χ2v) is 6.70. The summed E-state index contributed by atoms with van der Waals surface area (Å²) in [5.74, 6) is 2.24. The molecule has 1 aromatic carbocycles. The molecule has 2 fully saturated rings. The van der Waals surface area contributed by atoms with Crippen molar-refractivity contribution in [2.45, 2.75) is 45.6 Å². The Morgan fingerprint density at radius 2 is 2.14 bits per heavy atom. The molecule has 0 amide bonds. The Hall–Kier alpha value is -1.64. The average Bonchev–Trinajstić information content (AvgIpc) is 3.21. The Balaban J connectivity index is 1.61. The number of ketones is 1. The molecule has 1 heterocycles. The third kappa shape index (κ3) is 2.10. The molecule has 2 bridgehead atoms. The molecule has 2 aromatic rings. The van der Waals surface area contributed by atoms with Crippen molar-refractivity contribution in [3.63, 3.8) is 0 Å². The molecule has 3 atom stereocenters. The molecular weight excluding hydrogens is 260 g/mol. The quantitative estimate of drug-likeness (QED) is 0.858. The zero-order valence-corrected chi connectivity index (χ0v) is 12.6. The lowest BCUT2D eigenvalue weighted by Gasteiger charge is -2.19. The first-order valence-electron chi connectivity index (χ1n) is 8.23. The Bertz CT molecular complexity index is 688. The van der Waals surface area contributed by atoms with Crippen molar-refractivity contribution in [3.05, 3.63) is 30.0 Å². The van der Waals surface area contributed by atoms with Gasteiger partial charge in [-0.1, -0.05) is 24.6 Å². The van der Waals surface area contributed by atoms with Gasteiger partial charge in [0.25, 0.3) is 0 Å². The highest BCUT2D eigenvalue weighted by Crippen LogP contribution is 2.48. The number of para-hydroxylation sites is 1. The zero-order valence-electron chi connectivity index (χ0n) is 12.6. The number of hydrogen-bond donors (Lipinski definition) is 0. The smallest absolute Gasteiger partial charge is 0.142 e. The number of benzene rings is 1. The summed E-state index contributed by atoms with van der Waals surface area (Å²) in [6.07, 6.45) is 5.56. The summed E-state index contributed by atoms with van der Waals surface area (Å²) in [6.45, 7) is 2.95. The summed E-state index contributed by atoms with van der Waals surface area (Å²) < 4.78 is 2.01. The van der Waals surface area contributed by atoms with Crippen molar-refractivity contribution in [3.8, 4) is 0 Å². The van der Waals surface area contributed by atoms with Crippen LogP contribution in [0.2, 0.25) is 0 Å². The normalized spacial score (nSPS) is 27.6. The first-order valence-corrected chi connectivity index (χ1v) is 8.23. The van der Waals surface area contributed by atoms with Crippen LogP contribution in [0, 0.1) is 17.8 Å². The Morgan fingerprint density at radius 1 is 1.29 bits per heavy atom. The van der Waals surface area contributed by atoms with Crippen molar-refractivity contribution in [2.24, 2.45) is 17.8 Å². The number of carbonyl (C=O) groups excluding carboxylic acids is 1. The monoisotopic (exact) mass is 282 g/mol. The van der Waals surface area contributed by atoms with E-state index >= 15 is 0 Å². The van der Waals surface area contributed by atoms with Gasteiger partial charge in [-0.3, -0.25) is 9.48 Å². The molecule has 3 heteroatoms. The third-order valence-electron chi connectivity index (χ3n) is 5.53. The maximum atomic E-state index is 12.7. The van der Waals surface area contributed by atoms with E-state index in [1.807, 2.05) is 16.8 Å². The van der Waals surface area contributed by atoms with E-state index in [0.717, 1.165) is 35.5 Å². The molecule has 0 spiro atoms. The lowest BCUT2D eigenvalue weighted by molar-refractivity contribution is -0.123. The summed E-state index contributed by atoms with van der Waals surface area (Å²) in [5.41, 5.74) is 2.12. The fourth-order valence-electron chi connectivity index (χ4n) is 4.50. The lowest BCUT2D eigenvalue weighted by atomic mass is 9.84. The van der Waals surface area contributed by atoms with Crippen LogP contribution in [-0.2, 0) is 17.8 Å². The Morgan fingerprint density at radius 3 is 2.86 bits per heavy atom. The molecule has 4 rings (SSSR count). The highest BCUT2D eigenvalue weighted by atomic mass is 16.1. The van der Waals surface area contributed by atoms with E-state index in [4.69, 9.17) is 0 Å². The number of carbonyl (C=O) groups is 1. The molecule has 2 saturated carbocycles. The van der Waals surface area contributed by atoms with Crippen LogP contribution in [0.4, 0.5) is 0 Å². The fourth-order valence-corrected chi connectivity index (χ4v) is 4.50. The summed E-state index contributed by atoms with van der Waals surface area (Å²) in [4.78, 5) is 12.7. The van der Waals surface area contributed by atoms with Crippen molar-refractivity contribution >= 4 is 16.7 Å². The van der Waals surface area contributed by atoms with E-state index in [0.29, 0.717) is 24.0 Å². The van der Waals surface area contributed by atoms with Crippen molar-refractivity contribution < 1.29 is 4.79 Å². The standard InChI is InChI=1S/C18H22N2O/c1-2-20-17-6-4-3-5-14(17)16(19-20)11-18(21)15-10-12-7-8-13(15)9-12/h3-6,12-13,15H,2,7-11H2,1H3. The van der Waals surface area contributed by atoms with Gasteiger partial charge in [-0.25, -0.2) is 0 Å². The minimum absolute atomic E-state index is 0.314. The summed E-state index contributed by atoms with van der Waals surface area (Å²) in [6, 6.07) is 8.27. The second kappa shape index (κ2) is 4.97. The number of rotatable bonds is 4. The largest absolute Gasteiger partial charge is 0.299 e. The van der Waals surface area contributed by atoms with Gasteiger partial charge in [0.05, 0.1) is 17.6 Å². The van der Waals surface area contributed by atoms with Crippen LogP contribution in [0.3, 0.4) is 0 Å². The van der Waals surface area contributed by atoms with Crippen LogP contribution in [0.15, 0.2) is 24.3 Å². The summed E-state index contributed by atoms with van der Waals surface area (Å²) in [7, 11) is 0. The second-order valence-electron chi connectivity index (χ2n) is 6.70. The third-order valence-corrected chi connectivity index (χ3v) is 5.53. The Kier molecular flexibility index (Phi) is 3.09. The zero-order chi connectivity index (χ0) is 14.4.